The Labute approximate surface area is 132 Å². The molecule has 0 radical (unpaired) electrons. The molecule has 0 heterocycles. The second kappa shape index (κ2) is 7.11. The first-order valence-electron chi connectivity index (χ1n) is 6.33. The zero-order valence-electron chi connectivity index (χ0n) is 11.1. The van der Waals surface area contributed by atoms with E-state index in [0.29, 0.717) is 17.9 Å². The molecule has 1 unspecified atom stereocenters. The third-order valence-corrected chi connectivity index (χ3v) is 3.83. The molecule has 0 aliphatic carbocycles. The monoisotopic (exact) mass is 354 g/mol. The molecule has 2 aromatic rings. The first-order valence-corrected chi connectivity index (χ1v) is 7.50. The second-order valence-electron chi connectivity index (χ2n) is 4.64. The van der Waals surface area contributed by atoms with Crippen molar-refractivity contribution in [3.8, 4) is 5.75 Å². The highest BCUT2D eigenvalue weighted by Crippen LogP contribution is 2.25. The Hall–Kier alpha value is -1.03. The zero-order valence-corrected chi connectivity index (χ0v) is 13.5. The maximum absolute atomic E-state index is 10.2. The number of rotatable bonds is 5. The van der Waals surface area contributed by atoms with Gasteiger partial charge in [0.1, 0.15) is 5.75 Å². The second-order valence-corrected chi connectivity index (χ2v) is 6.00. The number of aliphatic hydroxyl groups excluding tert-OH is 1. The Morgan fingerprint density at radius 2 is 1.85 bits per heavy atom. The van der Waals surface area contributed by atoms with Crippen molar-refractivity contribution in [2.75, 3.05) is 7.11 Å². The van der Waals surface area contributed by atoms with Crippen LogP contribution in [0.5, 0.6) is 5.75 Å². The number of aliphatic hydroxyl groups is 1. The van der Waals surface area contributed by atoms with Gasteiger partial charge in [-0.05, 0) is 47.9 Å². The fraction of sp³-hybridized carbons (Fsp3) is 0.250. The summed E-state index contributed by atoms with van der Waals surface area (Å²) in [5, 5.41) is 10.9. The van der Waals surface area contributed by atoms with E-state index in [2.05, 4.69) is 15.9 Å². The Bertz CT molecular complexity index is 569. The van der Waals surface area contributed by atoms with E-state index in [9.17, 15) is 5.11 Å². The first-order chi connectivity index (χ1) is 9.58. The van der Waals surface area contributed by atoms with Crippen molar-refractivity contribution >= 4 is 27.5 Å². The summed E-state index contributed by atoms with van der Waals surface area (Å²) in [6.45, 7) is 0. The number of halogens is 2. The minimum Gasteiger partial charge on any atom is -0.496 e. The van der Waals surface area contributed by atoms with Crippen LogP contribution in [-0.2, 0) is 12.8 Å². The predicted molar refractivity (Wildman–Crippen MR) is 85.6 cm³/mol. The Balaban J connectivity index is 2.05. The molecule has 0 amide bonds. The molecule has 2 nitrogen and oxygen atoms in total. The lowest BCUT2D eigenvalue weighted by Gasteiger charge is -2.14. The van der Waals surface area contributed by atoms with Gasteiger partial charge >= 0.3 is 0 Å². The highest BCUT2D eigenvalue weighted by Gasteiger charge is 2.11. The highest BCUT2D eigenvalue weighted by atomic mass is 79.9. The quantitative estimate of drug-likeness (QED) is 0.868. The van der Waals surface area contributed by atoms with Crippen LogP contribution in [0.1, 0.15) is 11.1 Å². The topological polar surface area (TPSA) is 29.5 Å². The summed E-state index contributed by atoms with van der Waals surface area (Å²) in [7, 11) is 1.64. The van der Waals surface area contributed by atoms with Crippen molar-refractivity contribution < 1.29 is 9.84 Å². The minimum atomic E-state index is -0.459. The zero-order chi connectivity index (χ0) is 14.5. The molecule has 0 saturated heterocycles. The average Bonchev–Trinajstić information content (AvgIpc) is 2.41. The minimum absolute atomic E-state index is 0.459. The summed E-state index contributed by atoms with van der Waals surface area (Å²) < 4.78 is 6.30. The van der Waals surface area contributed by atoms with Gasteiger partial charge < -0.3 is 9.84 Å². The molecule has 4 heteroatoms. The fourth-order valence-corrected chi connectivity index (χ4v) is 2.66. The molecule has 0 aromatic heterocycles. The Morgan fingerprint density at radius 3 is 2.50 bits per heavy atom. The molecule has 1 N–H and O–H groups in total. The van der Waals surface area contributed by atoms with Gasteiger partial charge in [0.05, 0.1) is 13.2 Å². The van der Waals surface area contributed by atoms with Crippen LogP contribution in [0.2, 0.25) is 5.02 Å². The molecular weight excluding hydrogens is 340 g/mol. The summed E-state index contributed by atoms with van der Waals surface area (Å²) in [6, 6.07) is 13.3. The largest absolute Gasteiger partial charge is 0.496 e. The lowest BCUT2D eigenvalue weighted by atomic mass is 10.0. The van der Waals surface area contributed by atoms with E-state index >= 15 is 0 Å². The third-order valence-electron chi connectivity index (χ3n) is 3.08. The maximum atomic E-state index is 10.2. The van der Waals surface area contributed by atoms with Gasteiger partial charge in [0.2, 0.25) is 0 Å². The van der Waals surface area contributed by atoms with Gasteiger partial charge in [-0.1, -0.05) is 39.7 Å². The van der Waals surface area contributed by atoms with Crippen LogP contribution in [0.3, 0.4) is 0 Å². The molecule has 1 atom stereocenters. The maximum Gasteiger partial charge on any atom is 0.122 e. The molecular formula is C16H16BrClO2. The predicted octanol–water partition coefficient (Wildman–Crippen LogP) is 4.26. The molecule has 0 saturated carbocycles. The lowest BCUT2D eigenvalue weighted by Crippen LogP contribution is -2.14. The van der Waals surface area contributed by atoms with Crippen LogP contribution in [0.25, 0.3) is 0 Å². The Kier molecular flexibility index (Phi) is 5.46. The third kappa shape index (κ3) is 4.23. The summed E-state index contributed by atoms with van der Waals surface area (Å²) in [4.78, 5) is 0. The molecule has 0 spiro atoms. The van der Waals surface area contributed by atoms with Crippen molar-refractivity contribution in [3.05, 3.63) is 63.1 Å². The van der Waals surface area contributed by atoms with E-state index < -0.39 is 6.10 Å². The van der Waals surface area contributed by atoms with Crippen LogP contribution < -0.4 is 4.74 Å². The van der Waals surface area contributed by atoms with Crippen LogP contribution in [0.4, 0.5) is 0 Å². The molecule has 0 aliphatic rings. The standard InChI is InChI=1S/C16H16BrClO2/c1-20-16-7-4-13(17)9-12(16)10-15(19)8-11-2-5-14(18)6-3-11/h2-7,9,15,19H,8,10H2,1H3. The molecule has 106 valence electrons. The van der Waals surface area contributed by atoms with Gasteiger partial charge in [0.15, 0.2) is 0 Å². The molecule has 0 fully saturated rings. The van der Waals surface area contributed by atoms with Gasteiger partial charge in [-0.3, -0.25) is 0 Å². The van der Waals surface area contributed by atoms with Crippen LogP contribution >= 0.6 is 27.5 Å². The molecule has 2 rings (SSSR count). The van der Waals surface area contributed by atoms with E-state index in [1.54, 1.807) is 7.11 Å². The summed E-state index contributed by atoms with van der Waals surface area (Å²) in [5.74, 6) is 0.795. The van der Waals surface area contributed by atoms with E-state index in [1.165, 1.54) is 0 Å². The van der Waals surface area contributed by atoms with E-state index in [1.807, 2.05) is 42.5 Å². The van der Waals surface area contributed by atoms with E-state index in [4.69, 9.17) is 16.3 Å². The van der Waals surface area contributed by atoms with E-state index in [-0.39, 0.29) is 0 Å². The summed E-state index contributed by atoms with van der Waals surface area (Å²) in [5.41, 5.74) is 2.05. The number of benzene rings is 2. The molecule has 2 aromatic carbocycles. The van der Waals surface area contributed by atoms with Crippen molar-refractivity contribution in [3.63, 3.8) is 0 Å². The first kappa shape index (κ1) is 15.4. The number of methoxy groups -OCH3 is 1. The molecule has 0 aliphatic heterocycles. The van der Waals surface area contributed by atoms with Gasteiger partial charge in [-0.2, -0.15) is 0 Å². The van der Waals surface area contributed by atoms with Crippen molar-refractivity contribution in [2.24, 2.45) is 0 Å². The van der Waals surface area contributed by atoms with Crippen molar-refractivity contribution in [1.82, 2.24) is 0 Å². The van der Waals surface area contributed by atoms with Crippen molar-refractivity contribution in [1.29, 1.82) is 0 Å². The number of hydrogen-bond acceptors (Lipinski definition) is 2. The smallest absolute Gasteiger partial charge is 0.122 e. The van der Waals surface area contributed by atoms with Crippen molar-refractivity contribution in [2.45, 2.75) is 18.9 Å². The van der Waals surface area contributed by atoms with Gasteiger partial charge in [-0.15, -0.1) is 0 Å². The van der Waals surface area contributed by atoms with Crippen LogP contribution in [0, 0.1) is 0 Å². The fourth-order valence-electron chi connectivity index (χ4n) is 2.13. The van der Waals surface area contributed by atoms with Crippen LogP contribution in [0.15, 0.2) is 46.9 Å². The summed E-state index contributed by atoms with van der Waals surface area (Å²) >= 11 is 9.29. The highest BCUT2D eigenvalue weighted by molar-refractivity contribution is 9.10. The van der Waals surface area contributed by atoms with Crippen LogP contribution in [-0.4, -0.2) is 18.3 Å². The van der Waals surface area contributed by atoms with E-state index in [0.717, 1.165) is 21.3 Å². The Morgan fingerprint density at radius 1 is 1.15 bits per heavy atom. The molecule has 0 bridgehead atoms. The SMILES string of the molecule is COc1ccc(Br)cc1CC(O)Cc1ccc(Cl)cc1. The van der Waals surface area contributed by atoms with Gasteiger partial charge in [0.25, 0.3) is 0 Å². The summed E-state index contributed by atoms with van der Waals surface area (Å²) in [6.07, 6.45) is 0.678. The normalized spacial score (nSPS) is 12.2. The average molecular weight is 356 g/mol. The molecule has 20 heavy (non-hydrogen) atoms. The lowest BCUT2D eigenvalue weighted by molar-refractivity contribution is 0.174. The van der Waals surface area contributed by atoms with Gasteiger partial charge in [-0.25, -0.2) is 0 Å². The number of hydrogen-bond donors (Lipinski definition) is 1. The number of ether oxygens (including phenoxy) is 1. The van der Waals surface area contributed by atoms with Gasteiger partial charge in [0, 0.05) is 15.9 Å².